The lowest BCUT2D eigenvalue weighted by molar-refractivity contribution is -0.176. The molecule has 0 radical (unpaired) electrons. The summed E-state index contributed by atoms with van der Waals surface area (Å²) in [5.74, 6) is 0.228. The van der Waals surface area contributed by atoms with E-state index in [1.54, 1.807) is 30.3 Å². The Morgan fingerprint density at radius 2 is 1.59 bits per heavy atom. The van der Waals surface area contributed by atoms with Crippen LogP contribution in [-0.2, 0) is 17.5 Å². The summed E-state index contributed by atoms with van der Waals surface area (Å²) in [6.45, 7) is -2.04. The van der Waals surface area contributed by atoms with Crippen molar-refractivity contribution >= 4 is 5.69 Å². The highest BCUT2D eigenvalue weighted by atomic mass is 19.4. The molecule has 1 unspecified atom stereocenters. The second kappa shape index (κ2) is 9.53. The number of aliphatic hydroxyl groups is 1. The van der Waals surface area contributed by atoms with Crippen molar-refractivity contribution in [2.75, 3.05) is 11.9 Å². The van der Waals surface area contributed by atoms with Gasteiger partial charge in [-0.15, -0.1) is 0 Å². The molecule has 0 saturated heterocycles. The molecule has 0 aliphatic carbocycles. The van der Waals surface area contributed by atoms with Crippen LogP contribution in [0.5, 0.6) is 0 Å². The van der Waals surface area contributed by atoms with Crippen molar-refractivity contribution in [1.82, 2.24) is 9.97 Å². The van der Waals surface area contributed by atoms with Gasteiger partial charge in [-0.3, -0.25) is 0 Å². The Balaban J connectivity index is 1.83. The standard InChI is InChI=1S/C21H17F6N3O2/c22-20(23,24)12-32-11-17-16(10-28-18(29-17)13-4-2-1-3-5-13)30-19(31)14-6-8-15(9-7-14)21(25,26)27/h1-10,19,30-31H,11-12H2. The summed E-state index contributed by atoms with van der Waals surface area (Å²) < 4.78 is 80.2. The zero-order valence-corrected chi connectivity index (χ0v) is 16.3. The smallest absolute Gasteiger partial charge is 0.369 e. The first-order valence-electron chi connectivity index (χ1n) is 9.20. The summed E-state index contributed by atoms with van der Waals surface area (Å²) in [6.07, 6.45) is -9.27. The molecule has 2 N–H and O–H groups in total. The lowest BCUT2D eigenvalue weighted by Crippen LogP contribution is -2.18. The van der Waals surface area contributed by atoms with Crippen LogP contribution in [0.1, 0.15) is 23.0 Å². The highest BCUT2D eigenvalue weighted by Crippen LogP contribution is 2.30. The molecule has 0 aliphatic heterocycles. The van der Waals surface area contributed by atoms with E-state index in [1.165, 1.54) is 6.20 Å². The fraction of sp³-hybridized carbons (Fsp3) is 0.238. The molecular formula is C21H17F6N3O2. The largest absolute Gasteiger partial charge is 0.416 e. The molecular weight excluding hydrogens is 440 g/mol. The molecule has 1 heterocycles. The monoisotopic (exact) mass is 457 g/mol. The quantitative estimate of drug-likeness (QED) is 0.370. The third-order valence-electron chi connectivity index (χ3n) is 4.25. The van der Waals surface area contributed by atoms with Gasteiger partial charge in [0.25, 0.3) is 0 Å². The van der Waals surface area contributed by atoms with Gasteiger partial charge in [-0.05, 0) is 12.1 Å². The number of hydrogen-bond acceptors (Lipinski definition) is 5. The number of halogens is 6. The van der Waals surface area contributed by atoms with E-state index in [-0.39, 0.29) is 22.8 Å². The fourth-order valence-corrected chi connectivity index (χ4v) is 2.72. The molecule has 170 valence electrons. The van der Waals surface area contributed by atoms with E-state index in [9.17, 15) is 31.4 Å². The number of aliphatic hydroxyl groups excluding tert-OH is 1. The third kappa shape index (κ3) is 6.41. The maximum atomic E-state index is 12.7. The summed E-state index contributed by atoms with van der Waals surface area (Å²) >= 11 is 0. The van der Waals surface area contributed by atoms with E-state index in [0.29, 0.717) is 5.56 Å². The predicted molar refractivity (Wildman–Crippen MR) is 103 cm³/mol. The zero-order chi connectivity index (χ0) is 23.4. The van der Waals surface area contributed by atoms with Crippen LogP contribution in [-0.4, -0.2) is 27.9 Å². The molecule has 0 amide bonds. The van der Waals surface area contributed by atoms with Crippen molar-refractivity contribution < 1.29 is 36.2 Å². The fourth-order valence-electron chi connectivity index (χ4n) is 2.72. The normalized spacial score (nSPS) is 13.1. The minimum absolute atomic E-state index is 0.0362. The van der Waals surface area contributed by atoms with E-state index in [1.807, 2.05) is 0 Å². The van der Waals surface area contributed by atoms with Crippen LogP contribution >= 0.6 is 0 Å². The lowest BCUT2D eigenvalue weighted by Gasteiger charge is -2.18. The third-order valence-corrected chi connectivity index (χ3v) is 4.25. The Morgan fingerprint density at radius 3 is 2.19 bits per heavy atom. The Kier molecular flexibility index (Phi) is 6.99. The number of anilines is 1. The van der Waals surface area contributed by atoms with E-state index >= 15 is 0 Å². The van der Waals surface area contributed by atoms with Crippen molar-refractivity contribution in [3.63, 3.8) is 0 Å². The predicted octanol–water partition coefficient (Wildman–Crippen LogP) is 5.34. The second-order valence-electron chi connectivity index (χ2n) is 6.69. The van der Waals surface area contributed by atoms with Crippen molar-refractivity contribution in [3.8, 4) is 11.4 Å². The molecule has 2 aromatic carbocycles. The van der Waals surface area contributed by atoms with Crippen molar-refractivity contribution in [1.29, 1.82) is 0 Å². The van der Waals surface area contributed by atoms with Gasteiger partial charge in [-0.2, -0.15) is 26.3 Å². The summed E-state index contributed by atoms with van der Waals surface area (Å²) in [7, 11) is 0. The molecule has 0 spiro atoms. The van der Waals surface area contributed by atoms with E-state index < -0.39 is 37.4 Å². The lowest BCUT2D eigenvalue weighted by atomic mass is 10.1. The van der Waals surface area contributed by atoms with Gasteiger partial charge in [0.05, 0.1) is 29.7 Å². The topological polar surface area (TPSA) is 67.3 Å². The summed E-state index contributed by atoms with van der Waals surface area (Å²) in [5.41, 5.74) is -0.0646. The Morgan fingerprint density at radius 1 is 0.938 bits per heavy atom. The Bertz CT molecular complexity index is 1020. The molecule has 3 aromatic rings. The molecule has 0 aliphatic rings. The molecule has 5 nitrogen and oxygen atoms in total. The van der Waals surface area contributed by atoms with Crippen LogP contribution in [0.2, 0.25) is 0 Å². The van der Waals surface area contributed by atoms with Gasteiger partial charge in [0.1, 0.15) is 6.61 Å². The zero-order valence-electron chi connectivity index (χ0n) is 16.3. The van der Waals surface area contributed by atoms with Gasteiger partial charge in [0.15, 0.2) is 12.1 Å². The average molecular weight is 457 g/mol. The number of ether oxygens (including phenoxy) is 1. The number of rotatable bonds is 7. The molecule has 1 aromatic heterocycles. The number of aromatic nitrogens is 2. The summed E-state index contributed by atoms with van der Waals surface area (Å²) in [4.78, 5) is 8.38. The van der Waals surface area contributed by atoms with Crippen LogP contribution in [0.4, 0.5) is 32.0 Å². The first-order valence-corrected chi connectivity index (χ1v) is 9.20. The molecule has 0 saturated carbocycles. The van der Waals surface area contributed by atoms with Crippen molar-refractivity contribution in [2.45, 2.75) is 25.2 Å². The number of nitrogens with one attached hydrogen (secondary N) is 1. The average Bonchev–Trinajstić information content (AvgIpc) is 2.74. The maximum absolute atomic E-state index is 12.7. The molecule has 0 fully saturated rings. The molecule has 32 heavy (non-hydrogen) atoms. The van der Waals surface area contributed by atoms with E-state index in [4.69, 9.17) is 4.74 Å². The number of nitrogens with zero attached hydrogens (tertiary/aromatic N) is 2. The van der Waals surface area contributed by atoms with Crippen LogP contribution in [0, 0.1) is 0 Å². The highest BCUT2D eigenvalue weighted by Gasteiger charge is 2.30. The van der Waals surface area contributed by atoms with Gasteiger partial charge in [0, 0.05) is 11.1 Å². The van der Waals surface area contributed by atoms with Crippen LogP contribution in [0.3, 0.4) is 0 Å². The molecule has 0 bridgehead atoms. The van der Waals surface area contributed by atoms with Crippen molar-refractivity contribution in [3.05, 3.63) is 77.6 Å². The Labute approximate surface area is 178 Å². The van der Waals surface area contributed by atoms with E-state index in [2.05, 4.69) is 15.3 Å². The molecule has 1 atom stereocenters. The highest BCUT2D eigenvalue weighted by molar-refractivity contribution is 5.58. The summed E-state index contributed by atoms with van der Waals surface area (Å²) in [5, 5.41) is 13.0. The SMILES string of the molecule is OC(Nc1cnc(-c2ccccc2)nc1COCC(F)(F)F)c1ccc(C(F)(F)F)cc1. The van der Waals surface area contributed by atoms with Gasteiger partial charge in [0.2, 0.25) is 0 Å². The van der Waals surface area contributed by atoms with Crippen LogP contribution in [0.15, 0.2) is 60.8 Å². The summed E-state index contributed by atoms with van der Waals surface area (Å²) in [6, 6.07) is 12.4. The second-order valence-corrected chi connectivity index (χ2v) is 6.69. The van der Waals surface area contributed by atoms with Crippen molar-refractivity contribution in [2.24, 2.45) is 0 Å². The van der Waals surface area contributed by atoms with Gasteiger partial charge < -0.3 is 15.2 Å². The first kappa shape index (κ1) is 23.5. The Hall–Kier alpha value is -3.18. The van der Waals surface area contributed by atoms with Gasteiger partial charge in [-0.25, -0.2) is 9.97 Å². The maximum Gasteiger partial charge on any atom is 0.416 e. The first-order chi connectivity index (χ1) is 15.0. The molecule has 3 rings (SSSR count). The van der Waals surface area contributed by atoms with Gasteiger partial charge >= 0.3 is 12.4 Å². The number of benzene rings is 2. The molecule has 11 heteroatoms. The van der Waals surface area contributed by atoms with Crippen LogP contribution < -0.4 is 5.32 Å². The minimum Gasteiger partial charge on any atom is -0.369 e. The van der Waals surface area contributed by atoms with Crippen LogP contribution in [0.25, 0.3) is 11.4 Å². The minimum atomic E-state index is -4.54. The van der Waals surface area contributed by atoms with Gasteiger partial charge in [-0.1, -0.05) is 42.5 Å². The van der Waals surface area contributed by atoms with E-state index in [0.717, 1.165) is 24.3 Å². The number of hydrogen-bond donors (Lipinski definition) is 2. The number of alkyl halides is 6.